The van der Waals surface area contributed by atoms with Gasteiger partial charge in [-0.1, -0.05) is 75.5 Å². The van der Waals surface area contributed by atoms with Crippen molar-refractivity contribution in [1.29, 1.82) is 0 Å². The van der Waals surface area contributed by atoms with E-state index in [1.165, 1.54) is 29.2 Å². The summed E-state index contributed by atoms with van der Waals surface area (Å²) in [7, 11) is -4.23. The molecule has 2 amide bonds. The Labute approximate surface area is 241 Å². The van der Waals surface area contributed by atoms with Gasteiger partial charge in [-0.3, -0.25) is 13.9 Å². The molecular weight excluding hydrogens is 613 g/mol. The van der Waals surface area contributed by atoms with Gasteiger partial charge in [0.25, 0.3) is 10.0 Å². The highest BCUT2D eigenvalue weighted by atomic mass is 79.9. The molecule has 0 spiro atoms. The van der Waals surface area contributed by atoms with Crippen molar-refractivity contribution in [3.63, 3.8) is 0 Å². The van der Waals surface area contributed by atoms with Gasteiger partial charge in [-0.2, -0.15) is 0 Å². The van der Waals surface area contributed by atoms with E-state index in [1.807, 2.05) is 38.1 Å². The molecule has 1 N–H and O–H groups in total. The number of carbonyl (C=O) groups is 2. The van der Waals surface area contributed by atoms with E-state index < -0.39 is 28.5 Å². The van der Waals surface area contributed by atoms with Gasteiger partial charge < -0.3 is 10.2 Å². The van der Waals surface area contributed by atoms with E-state index in [2.05, 4.69) is 21.2 Å². The predicted octanol–water partition coefficient (Wildman–Crippen LogP) is 5.89. The van der Waals surface area contributed by atoms with Crippen LogP contribution in [-0.4, -0.2) is 43.8 Å². The number of amides is 2. The zero-order valence-corrected chi connectivity index (χ0v) is 25.0. The second kappa shape index (κ2) is 13.0. The molecule has 0 saturated carbocycles. The second-order valence-corrected chi connectivity index (χ2v) is 12.4. The lowest BCUT2D eigenvalue weighted by Gasteiger charge is -2.32. The lowest BCUT2D eigenvalue weighted by atomic mass is 10.1. The van der Waals surface area contributed by atoms with Crippen molar-refractivity contribution in [3.05, 3.63) is 92.9 Å². The fraction of sp³-hybridized carbons (Fsp3) is 0.259. The van der Waals surface area contributed by atoms with Gasteiger partial charge in [0.05, 0.1) is 20.6 Å². The quantitative estimate of drug-likeness (QED) is 0.299. The minimum atomic E-state index is -4.23. The minimum Gasteiger partial charge on any atom is -0.352 e. The van der Waals surface area contributed by atoms with E-state index in [4.69, 9.17) is 23.2 Å². The molecule has 0 bridgehead atoms. The number of hydrogen-bond acceptors (Lipinski definition) is 4. The molecule has 7 nitrogen and oxygen atoms in total. The maximum absolute atomic E-state index is 13.9. The molecule has 0 radical (unpaired) electrons. The third kappa shape index (κ3) is 7.28. The molecular formula is C27H28BrCl2N3O4S. The molecule has 3 rings (SSSR count). The molecule has 11 heteroatoms. The van der Waals surface area contributed by atoms with Crippen LogP contribution in [0.2, 0.25) is 10.0 Å². The molecule has 0 aliphatic heterocycles. The van der Waals surface area contributed by atoms with Crippen LogP contribution in [-0.2, 0) is 26.2 Å². The van der Waals surface area contributed by atoms with Crippen LogP contribution in [0, 0.1) is 0 Å². The highest BCUT2D eigenvalue weighted by Crippen LogP contribution is 2.35. The van der Waals surface area contributed by atoms with Crippen LogP contribution in [0.3, 0.4) is 0 Å². The average Bonchev–Trinajstić information content (AvgIpc) is 2.88. The standard InChI is InChI=1S/C27H28BrCl2N3O4S/c1-18(2)31-27(35)19(3)32(16-20-12-14-21(28)15-13-20)25(34)17-33(24-11-7-10-23(29)26(24)30)38(36,37)22-8-5-4-6-9-22/h4-15,18-19H,16-17H2,1-3H3,(H,31,35). The number of carbonyl (C=O) groups excluding carboxylic acids is 2. The topological polar surface area (TPSA) is 86.8 Å². The van der Waals surface area contributed by atoms with Gasteiger partial charge in [-0.25, -0.2) is 8.42 Å². The molecule has 1 atom stereocenters. The summed E-state index contributed by atoms with van der Waals surface area (Å²) in [5.41, 5.74) is 0.822. The van der Waals surface area contributed by atoms with E-state index >= 15 is 0 Å². The Balaban J connectivity index is 2.06. The zero-order chi connectivity index (χ0) is 28.0. The second-order valence-electron chi connectivity index (χ2n) is 8.89. The molecule has 0 aromatic heterocycles. The Morgan fingerprint density at radius 3 is 2.16 bits per heavy atom. The Hall–Kier alpha value is -2.59. The number of anilines is 1. The first-order chi connectivity index (χ1) is 17.9. The number of halogens is 3. The number of nitrogens with zero attached hydrogens (tertiary/aromatic N) is 2. The van der Waals surface area contributed by atoms with Crippen molar-refractivity contribution in [2.75, 3.05) is 10.8 Å². The van der Waals surface area contributed by atoms with Gasteiger partial charge in [0.1, 0.15) is 12.6 Å². The maximum Gasteiger partial charge on any atom is 0.264 e. The molecule has 0 aliphatic carbocycles. The molecule has 0 aliphatic rings. The van der Waals surface area contributed by atoms with Crippen molar-refractivity contribution in [3.8, 4) is 0 Å². The van der Waals surface area contributed by atoms with Gasteiger partial charge in [-0.15, -0.1) is 0 Å². The first-order valence-corrected chi connectivity index (χ1v) is 14.8. The fourth-order valence-corrected chi connectivity index (χ4v) is 5.85. The summed E-state index contributed by atoms with van der Waals surface area (Å²) in [6.07, 6.45) is 0. The van der Waals surface area contributed by atoms with E-state index in [0.29, 0.717) is 0 Å². The summed E-state index contributed by atoms with van der Waals surface area (Å²) in [5, 5.41) is 2.95. The van der Waals surface area contributed by atoms with Gasteiger partial charge in [0, 0.05) is 17.1 Å². The summed E-state index contributed by atoms with van der Waals surface area (Å²) in [6.45, 7) is 4.73. The van der Waals surface area contributed by atoms with Crippen LogP contribution >= 0.6 is 39.1 Å². The molecule has 38 heavy (non-hydrogen) atoms. The molecule has 3 aromatic rings. The summed E-state index contributed by atoms with van der Waals surface area (Å²) in [5.74, 6) is -0.946. The van der Waals surface area contributed by atoms with Crippen molar-refractivity contribution in [2.45, 2.75) is 44.3 Å². The van der Waals surface area contributed by atoms with Crippen LogP contribution in [0.4, 0.5) is 5.69 Å². The number of nitrogens with one attached hydrogen (secondary N) is 1. The molecule has 0 saturated heterocycles. The van der Waals surface area contributed by atoms with E-state index in [9.17, 15) is 18.0 Å². The van der Waals surface area contributed by atoms with E-state index in [-0.39, 0.29) is 39.1 Å². The Morgan fingerprint density at radius 2 is 1.55 bits per heavy atom. The van der Waals surface area contributed by atoms with E-state index in [1.54, 1.807) is 31.2 Å². The molecule has 0 heterocycles. The highest BCUT2D eigenvalue weighted by Gasteiger charge is 2.33. The summed E-state index contributed by atoms with van der Waals surface area (Å²) in [6, 6.07) is 18.6. The maximum atomic E-state index is 13.9. The first kappa shape index (κ1) is 30.0. The molecule has 202 valence electrons. The number of rotatable bonds is 10. The van der Waals surface area contributed by atoms with E-state index in [0.717, 1.165) is 14.3 Å². The minimum absolute atomic E-state index is 0.00784. The number of benzene rings is 3. The lowest BCUT2D eigenvalue weighted by molar-refractivity contribution is -0.139. The van der Waals surface area contributed by atoms with Crippen LogP contribution in [0.5, 0.6) is 0 Å². The third-order valence-electron chi connectivity index (χ3n) is 5.67. The lowest BCUT2D eigenvalue weighted by Crippen LogP contribution is -2.52. The SMILES string of the molecule is CC(C)NC(=O)C(C)N(Cc1ccc(Br)cc1)C(=O)CN(c1cccc(Cl)c1Cl)S(=O)(=O)c1ccccc1. The van der Waals surface area contributed by atoms with Gasteiger partial charge in [-0.05, 0) is 62.7 Å². The Bertz CT molecular complexity index is 1390. The van der Waals surface area contributed by atoms with Crippen molar-refractivity contribution >= 4 is 66.7 Å². The van der Waals surface area contributed by atoms with Gasteiger partial charge in [0.15, 0.2) is 0 Å². The van der Waals surface area contributed by atoms with Crippen LogP contribution in [0.25, 0.3) is 0 Å². The average molecular weight is 641 g/mol. The van der Waals surface area contributed by atoms with Crippen LogP contribution in [0.15, 0.2) is 82.2 Å². The van der Waals surface area contributed by atoms with Crippen molar-refractivity contribution in [1.82, 2.24) is 10.2 Å². The first-order valence-electron chi connectivity index (χ1n) is 11.8. The van der Waals surface area contributed by atoms with Crippen molar-refractivity contribution in [2.24, 2.45) is 0 Å². The van der Waals surface area contributed by atoms with Gasteiger partial charge >= 0.3 is 0 Å². The van der Waals surface area contributed by atoms with Crippen molar-refractivity contribution < 1.29 is 18.0 Å². The summed E-state index contributed by atoms with van der Waals surface area (Å²) >= 11 is 16.0. The monoisotopic (exact) mass is 639 g/mol. The number of hydrogen-bond donors (Lipinski definition) is 1. The zero-order valence-electron chi connectivity index (χ0n) is 21.1. The Morgan fingerprint density at radius 1 is 0.921 bits per heavy atom. The molecule has 3 aromatic carbocycles. The van der Waals surface area contributed by atoms with Crippen LogP contribution in [0.1, 0.15) is 26.3 Å². The molecule has 1 unspecified atom stereocenters. The fourth-order valence-electron chi connectivity index (χ4n) is 3.69. The summed E-state index contributed by atoms with van der Waals surface area (Å²) in [4.78, 5) is 28.1. The van der Waals surface area contributed by atoms with Crippen LogP contribution < -0.4 is 9.62 Å². The Kier molecular flexibility index (Phi) is 10.2. The molecule has 0 fully saturated rings. The normalized spacial score (nSPS) is 12.2. The predicted molar refractivity (Wildman–Crippen MR) is 155 cm³/mol. The largest absolute Gasteiger partial charge is 0.352 e. The summed E-state index contributed by atoms with van der Waals surface area (Å²) < 4.78 is 29.3. The third-order valence-corrected chi connectivity index (χ3v) is 8.79. The van der Waals surface area contributed by atoms with Gasteiger partial charge in [0.2, 0.25) is 11.8 Å². The number of sulfonamides is 1. The highest BCUT2D eigenvalue weighted by molar-refractivity contribution is 9.10. The smallest absolute Gasteiger partial charge is 0.264 e.